The molecule has 0 saturated carbocycles. The molecule has 54 valence electrons. The molecule has 0 radical (unpaired) electrons. The summed E-state index contributed by atoms with van der Waals surface area (Å²) in [6, 6.07) is -0.922. The summed E-state index contributed by atoms with van der Waals surface area (Å²) in [6.45, 7) is 0. The topological polar surface area (TPSA) is 63.3 Å². The average Bonchev–Trinajstić information content (AvgIpc) is 1.84. The molecule has 0 bridgehead atoms. The Hall–Kier alpha value is -0.0505. The summed E-state index contributed by atoms with van der Waals surface area (Å²) in [6.07, 6.45) is 0.244. The Morgan fingerprint density at radius 1 is 2.11 bits per heavy atom. The van der Waals surface area contributed by atoms with Crippen molar-refractivity contribution in [2.45, 2.75) is 23.5 Å². The fraction of sp³-hybridized carbons (Fsp3) is 0.800. The Morgan fingerprint density at radius 3 is 3.22 bits per heavy atom. The number of carbonyl (C=O) groups is 1. The van der Waals surface area contributed by atoms with Gasteiger partial charge in [-0.15, -0.1) is 0 Å². The molecule has 0 saturated heterocycles. The first kappa shape index (κ1) is 4.72. The summed E-state index contributed by atoms with van der Waals surface area (Å²) >= 11 is -0.514. The van der Waals surface area contributed by atoms with Crippen LogP contribution in [0.1, 0.15) is 10.5 Å². The Bertz CT molecular complexity index is 161. The van der Waals surface area contributed by atoms with Crippen LogP contribution in [0.3, 0.4) is 0 Å². The maximum atomic E-state index is 10.2. The van der Waals surface area contributed by atoms with Crippen molar-refractivity contribution in [3.8, 4) is 0 Å². The van der Waals surface area contributed by atoms with Gasteiger partial charge in [0.1, 0.15) is 0 Å². The Morgan fingerprint density at radius 2 is 2.78 bits per heavy atom. The van der Waals surface area contributed by atoms with E-state index >= 15 is 0 Å². The molecule has 4 heteroatoms. The van der Waals surface area contributed by atoms with E-state index < -0.39 is 32.7 Å². The standard InChI is InChI=1S/C5H11NO2Se/c1-9-3-2-4(6)5(7)8/h4H,2-3,6H2,1H3,(H,7,8)/t4-/m1/s1/i1D3. The summed E-state index contributed by atoms with van der Waals surface area (Å²) in [4.78, 5) is 10.2. The molecule has 0 amide bonds. The summed E-state index contributed by atoms with van der Waals surface area (Å²) in [5, 5.41) is 8.74. The van der Waals surface area contributed by atoms with Crippen LogP contribution in [0.4, 0.5) is 0 Å². The van der Waals surface area contributed by atoms with Crippen molar-refractivity contribution in [2.75, 3.05) is 0 Å². The van der Waals surface area contributed by atoms with E-state index in [9.17, 15) is 4.79 Å². The van der Waals surface area contributed by atoms with E-state index in [1.165, 1.54) is 0 Å². The third-order valence-corrected chi connectivity index (χ3v) is 1.77. The number of nitrogens with two attached hydrogens (primary N) is 1. The zero-order valence-corrected chi connectivity index (χ0v) is 6.55. The first-order valence-electron chi connectivity index (χ1n) is 3.95. The van der Waals surface area contributed by atoms with Crippen molar-refractivity contribution in [1.82, 2.24) is 0 Å². The van der Waals surface area contributed by atoms with Crippen LogP contribution in [0.25, 0.3) is 0 Å². The van der Waals surface area contributed by atoms with Crippen molar-refractivity contribution < 1.29 is 14.0 Å². The van der Waals surface area contributed by atoms with Crippen molar-refractivity contribution in [3.05, 3.63) is 0 Å². The minimum atomic E-state index is -1.91. The van der Waals surface area contributed by atoms with Gasteiger partial charge in [0.15, 0.2) is 0 Å². The van der Waals surface area contributed by atoms with Crippen LogP contribution in [0.5, 0.6) is 0 Å². The van der Waals surface area contributed by atoms with E-state index in [4.69, 9.17) is 15.0 Å². The summed E-state index contributed by atoms with van der Waals surface area (Å²) in [5.74, 6) is -2.98. The first-order chi connectivity index (χ1) is 5.33. The molecule has 0 aliphatic heterocycles. The van der Waals surface area contributed by atoms with Crippen LogP contribution < -0.4 is 5.73 Å². The van der Waals surface area contributed by atoms with Crippen LogP contribution in [0, 0.1) is 0 Å². The summed E-state index contributed by atoms with van der Waals surface area (Å²) in [7, 11) is 0. The van der Waals surface area contributed by atoms with Gasteiger partial charge in [-0.05, 0) is 0 Å². The van der Waals surface area contributed by atoms with Gasteiger partial charge < -0.3 is 0 Å². The molecule has 3 nitrogen and oxygen atoms in total. The average molecular weight is 199 g/mol. The van der Waals surface area contributed by atoms with Crippen molar-refractivity contribution in [1.29, 1.82) is 0 Å². The van der Waals surface area contributed by atoms with Gasteiger partial charge in [-0.1, -0.05) is 0 Å². The van der Waals surface area contributed by atoms with Gasteiger partial charge in [0.2, 0.25) is 0 Å². The molecule has 0 rings (SSSR count). The first-order valence-corrected chi connectivity index (χ1v) is 4.52. The molecular weight excluding hydrogens is 185 g/mol. The second kappa shape index (κ2) is 4.79. The quantitative estimate of drug-likeness (QED) is 0.624. The number of hydrogen-bond donors (Lipinski definition) is 2. The zero-order chi connectivity index (χ0) is 9.78. The van der Waals surface area contributed by atoms with E-state index in [-0.39, 0.29) is 6.42 Å². The van der Waals surface area contributed by atoms with Crippen LogP contribution in [0.2, 0.25) is 11.1 Å². The Kier molecular flexibility index (Phi) is 2.51. The molecule has 0 heterocycles. The van der Waals surface area contributed by atoms with Crippen LogP contribution >= 0.6 is 0 Å². The van der Waals surface area contributed by atoms with Gasteiger partial charge >= 0.3 is 64.2 Å². The maximum absolute atomic E-state index is 10.2. The zero-order valence-electron chi connectivity index (χ0n) is 7.83. The summed E-state index contributed by atoms with van der Waals surface area (Å²) < 4.78 is 20.6. The number of aliphatic carboxylic acids is 1. The van der Waals surface area contributed by atoms with Gasteiger partial charge in [-0.3, -0.25) is 0 Å². The van der Waals surface area contributed by atoms with Gasteiger partial charge in [0.05, 0.1) is 0 Å². The van der Waals surface area contributed by atoms with Gasteiger partial charge in [-0.25, -0.2) is 0 Å². The van der Waals surface area contributed by atoms with Crippen LogP contribution in [-0.2, 0) is 4.79 Å². The van der Waals surface area contributed by atoms with Crippen LogP contribution in [0.15, 0.2) is 0 Å². The molecule has 0 aliphatic carbocycles. The van der Waals surface area contributed by atoms with Crippen molar-refractivity contribution in [3.63, 3.8) is 0 Å². The van der Waals surface area contributed by atoms with Gasteiger partial charge in [-0.2, -0.15) is 0 Å². The number of carboxylic acids is 1. The molecule has 0 aromatic carbocycles. The van der Waals surface area contributed by atoms with Crippen molar-refractivity contribution in [2.24, 2.45) is 5.73 Å². The van der Waals surface area contributed by atoms with E-state index in [1.54, 1.807) is 0 Å². The van der Waals surface area contributed by atoms with E-state index in [0.717, 1.165) is 0 Å². The third kappa shape index (κ3) is 4.45. The molecular formula is C5H11NO2Se. The number of hydrogen-bond acceptors (Lipinski definition) is 2. The molecule has 0 spiro atoms. The van der Waals surface area contributed by atoms with Crippen LogP contribution in [-0.4, -0.2) is 32.1 Å². The molecule has 0 fully saturated rings. The number of carboxylic acid groups (broad SMARTS) is 1. The monoisotopic (exact) mass is 200 g/mol. The van der Waals surface area contributed by atoms with E-state index in [2.05, 4.69) is 0 Å². The molecule has 0 aromatic rings. The number of rotatable bonds is 4. The molecule has 0 unspecified atom stereocenters. The van der Waals surface area contributed by atoms with Gasteiger partial charge in [0, 0.05) is 0 Å². The molecule has 0 aromatic heterocycles. The normalized spacial score (nSPS) is 19.4. The predicted molar refractivity (Wildman–Crippen MR) is 36.7 cm³/mol. The third-order valence-electron chi connectivity index (χ3n) is 0.848. The fourth-order valence-electron chi connectivity index (χ4n) is 0.309. The fourth-order valence-corrected chi connectivity index (χ4v) is 1.09. The molecule has 3 N–H and O–H groups in total. The van der Waals surface area contributed by atoms with E-state index in [1.807, 2.05) is 0 Å². The second-order valence-electron chi connectivity index (χ2n) is 1.58. The van der Waals surface area contributed by atoms with Gasteiger partial charge in [0.25, 0.3) is 0 Å². The van der Waals surface area contributed by atoms with Crippen molar-refractivity contribution >= 4 is 20.9 Å². The molecule has 1 atom stereocenters. The van der Waals surface area contributed by atoms with E-state index in [0.29, 0.717) is 5.32 Å². The predicted octanol–water partition coefficient (Wildman–Crippen LogP) is -0.0410. The minimum absolute atomic E-state index is 0.244. The second-order valence-corrected chi connectivity index (χ2v) is 3.04. The Balaban J connectivity index is 3.51. The summed E-state index contributed by atoms with van der Waals surface area (Å²) in [5.41, 5.74) is 5.17. The molecule has 9 heavy (non-hydrogen) atoms. The SMILES string of the molecule is [2H]C([2H])([2H])[Se]CC[C@@H](N)C(=O)O. The Labute approximate surface area is 65.0 Å². The molecule has 0 aliphatic rings.